The fourth-order valence-corrected chi connectivity index (χ4v) is 4.27. The first-order chi connectivity index (χ1) is 14.5. The normalized spacial score (nSPS) is 10.7. The molecule has 8 heteroatoms. The van der Waals surface area contributed by atoms with Crippen LogP contribution in [0.3, 0.4) is 0 Å². The number of nitrogens with zero attached hydrogens (tertiary/aromatic N) is 3. The number of thiazole rings is 1. The smallest absolute Gasteiger partial charge is 0.260 e. The third-order valence-electron chi connectivity index (χ3n) is 5.14. The lowest BCUT2D eigenvalue weighted by atomic mass is 10.1. The number of likely N-dealkylation sites (N-methyl/N-ethyl adjacent to an activating group) is 1. The summed E-state index contributed by atoms with van der Waals surface area (Å²) < 4.78 is 6.40. The van der Waals surface area contributed by atoms with Crippen molar-refractivity contribution in [2.75, 3.05) is 38.2 Å². The summed E-state index contributed by atoms with van der Waals surface area (Å²) in [5.74, 6) is 0.540. The van der Waals surface area contributed by atoms with Crippen molar-refractivity contribution in [3.63, 3.8) is 0 Å². The first kappa shape index (κ1) is 24.8. The van der Waals surface area contributed by atoms with Crippen LogP contribution in [0.25, 0.3) is 10.2 Å². The number of hydrogen-bond donors (Lipinski definition) is 0. The number of ketones is 1. The largest absolute Gasteiger partial charge is 0.494 e. The van der Waals surface area contributed by atoms with Crippen LogP contribution in [-0.2, 0) is 0 Å². The Hall–Kier alpha value is -2.48. The van der Waals surface area contributed by atoms with Gasteiger partial charge in [-0.25, -0.2) is 4.98 Å². The molecule has 0 radical (unpaired) electrons. The second-order valence-electron chi connectivity index (χ2n) is 6.92. The average molecular weight is 462 g/mol. The van der Waals surface area contributed by atoms with E-state index in [1.54, 1.807) is 36.3 Å². The Labute approximate surface area is 193 Å². The molecule has 6 nitrogen and oxygen atoms in total. The first-order valence-corrected chi connectivity index (χ1v) is 10.9. The number of carbonyl (C=O) groups excluding carboxylic acids is 2. The van der Waals surface area contributed by atoms with Crippen LogP contribution in [0.2, 0.25) is 0 Å². The van der Waals surface area contributed by atoms with Crippen molar-refractivity contribution in [3.8, 4) is 5.75 Å². The predicted molar refractivity (Wildman–Crippen MR) is 129 cm³/mol. The van der Waals surface area contributed by atoms with Gasteiger partial charge in [0.1, 0.15) is 11.3 Å². The molecule has 3 aromatic rings. The van der Waals surface area contributed by atoms with Crippen molar-refractivity contribution >= 4 is 50.8 Å². The fraction of sp³-hybridized carbons (Fsp3) is 0.348. The lowest BCUT2D eigenvalue weighted by molar-refractivity contribution is 0.0980. The van der Waals surface area contributed by atoms with E-state index in [1.807, 2.05) is 18.2 Å². The quantitative estimate of drug-likeness (QED) is 0.423. The van der Waals surface area contributed by atoms with E-state index in [1.165, 1.54) is 18.3 Å². The highest BCUT2D eigenvalue weighted by Crippen LogP contribution is 2.34. The summed E-state index contributed by atoms with van der Waals surface area (Å²) in [7, 11) is 1.62. The van der Waals surface area contributed by atoms with E-state index in [0.29, 0.717) is 28.6 Å². The van der Waals surface area contributed by atoms with Crippen molar-refractivity contribution in [1.29, 1.82) is 0 Å². The maximum Gasteiger partial charge on any atom is 0.260 e. The molecule has 0 aliphatic rings. The summed E-state index contributed by atoms with van der Waals surface area (Å²) in [4.78, 5) is 33.7. The molecule has 0 saturated carbocycles. The summed E-state index contributed by atoms with van der Waals surface area (Å²) in [6, 6.07) is 12.6. The molecule has 0 saturated heterocycles. The van der Waals surface area contributed by atoms with Gasteiger partial charge in [-0.15, -0.1) is 12.4 Å². The summed E-state index contributed by atoms with van der Waals surface area (Å²) in [6.07, 6.45) is 0. The molecular formula is C23H28ClN3O3S. The minimum Gasteiger partial charge on any atom is -0.494 e. The number of methoxy groups -OCH3 is 1. The van der Waals surface area contributed by atoms with Crippen molar-refractivity contribution in [2.45, 2.75) is 20.8 Å². The van der Waals surface area contributed by atoms with Gasteiger partial charge in [-0.1, -0.05) is 43.4 Å². The van der Waals surface area contributed by atoms with E-state index in [4.69, 9.17) is 9.72 Å². The molecule has 31 heavy (non-hydrogen) atoms. The SMILES string of the molecule is CCN(CC)CCN(C(=O)c1ccc(C(C)=O)cc1)c1nc2c(OC)cccc2s1.Cl. The number of fused-ring (bicyclic) bond motifs is 1. The molecule has 1 aromatic heterocycles. The first-order valence-electron chi connectivity index (χ1n) is 10.1. The number of ether oxygens (including phenoxy) is 1. The topological polar surface area (TPSA) is 62.7 Å². The van der Waals surface area contributed by atoms with Gasteiger partial charge in [-0.05, 0) is 44.3 Å². The van der Waals surface area contributed by atoms with Crippen LogP contribution >= 0.6 is 23.7 Å². The highest BCUT2D eigenvalue weighted by molar-refractivity contribution is 7.22. The molecule has 0 atom stereocenters. The lowest BCUT2D eigenvalue weighted by Crippen LogP contribution is -2.38. The number of para-hydroxylation sites is 1. The van der Waals surface area contributed by atoms with Crippen LogP contribution in [0.5, 0.6) is 5.75 Å². The number of hydrogen-bond acceptors (Lipinski definition) is 6. The van der Waals surface area contributed by atoms with Crippen molar-refractivity contribution in [3.05, 3.63) is 53.6 Å². The molecule has 0 aliphatic heterocycles. The predicted octanol–water partition coefficient (Wildman–Crippen LogP) is 4.92. The zero-order valence-corrected chi connectivity index (χ0v) is 19.9. The van der Waals surface area contributed by atoms with Gasteiger partial charge < -0.3 is 9.64 Å². The van der Waals surface area contributed by atoms with Crippen LogP contribution < -0.4 is 9.64 Å². The number of rotatable bonds is 9. The highest BCUT2D eigenvalue weighted by atomic mass is 35.5. The second kappa shape index (κ2) is 11.2. The number of anilines is 1. The third kappa shape index (κ3) is 5.61. The van der Waals surface area contributed by atoms with E-state index in [9.17, 15) is 9.59 Å². The van der Waals surface area contributed by atoms with E-state index in [-0.39, 0.29) is 24.1 Å². The fourth-order valence-electron chi connectivity index (χ4n) is 3.26. The molecular weight excluding hydrogens is 434 g/mol. The van der Waals surface area contributed by atoms with Crippen molar-refractivity contribution < 1.29 is 14.3 Å². The van der Waals surface area contributed by atoms with Crippen LogP contribution in [0.1, 0.15) is 41.5 Å². The Morgan fingerprint density at radius 2 is 1.65 bits per heavy atom. The minimum atomic E-state index is -0.129. The number of aromatic nitrogens is 1. The molecule has 1 amide bonds. The zero-order chi connectivity index (χ0) is 21.7. The molecule has 0 fully saturated rings. The minimum absolute atomic E-state index is 0. The molecule has 0 unspecified atom stereocenters. The number of carbonyl (C=O) groups is 2. The Morgan fingerprint density at radius 1 is 1.00 bits per heavy atom. The van der Waals surface area contributed by atoms with Gasteiger partial charge in [-0.2, -0.15) is 0 Å². The van der Waals surface area contributed by atoms with E-state index < -0.39 is 0 Å². The van der Waals surface area contributed by atoms with E-state index in [2.05, 4.69) is 18.7 Å². The van der Waals surface area contributed by atoms with Gasteiger partial charge in [0, 0.05) is 24.2 Å². The van der Waals surface area contributed by atoms with Gasteiger partial charge in [0.15, 0.2) is 10.9 Å². The maximum absolute atomic E-state index is 13.4. The van der Waals surface area contributed by atoms with Gasteiger partial charge >= 0.3 is 0 Å². The standard InChI is InChI=1S/C23H27N3O3S.ClH/c1-5-25(6-2)14-15-26(22(28)18-12-10-17(11-13-18)16(3)27)23-24-21-19(29-4)8-7-9-20(21)30-23;/h7-13H,5-6,14-15H2,1-4H3;1H. The average Bonchev–Trinajstić information content (AvgIpc) is 3.20. The highest BCUT2D eigenvalue weighted by Gasteiger charge is 2.23. The Morgan fingerprint density at radius 3 is 2.23 bits per heavy atom. The number of amides is 1. The van der Waals surface area contributed by atoms with E-state index >= 15 is 0 Å². The second-order valence-corrected chi connectivity index (χ2v) is 7.93. The van der Waals surface area contributed by atoms with Gasteiger partial charge in [0.05, 0.1) is 11.8 Å². The third-order valence-corrected chi connectivity index (χ3v) is 6.18. The molecule has 0 N–H and O–H groups in total. The Bertz CT molecular complexity index is 1030. The van der Waals surface area contributed by atoms with Crippen molar-refractivity contribution in [1.82, 2.24) is 9.88 Å². The van der Waals surface area contributed by atoms with Crippen LogP contribution in [-0.4, -0.2) is 54.9 Å². The molecule has 0 bridgehead atoms. The summed E-state index contributed by atoms with van der Waals surface area (Å²) in [5.41, 5.74) is 1.88. The molecule has 3 rings (SSSR count). The zero-order valence-electron chi connectivity index (χ0n) is 18.3. The van der Waals surface area contributed by atoms with Crippen LogP contribution in [0.4, 0.5) is 5.13 Å². The lowest BCUT2D eigenvalue weighted by Gasteiger charge is -2.24. The summed E-state index contributed by atoms with van der Waals surface area (Å²) in [5, 5.41) is 0.641. The molecule has 0 aliphatic carbocycles. The van der Waals surface area contributed by atoms with Gasteiger partial charge in [-0.3, -0.25) is 14.5 Å². The number of benzene rings is 2. The van der Waals surface area contributed by atoms with Crippen LogP contribution in [0.15, 0.2) is 42.5 Å². The van der Waals surface area contributed by atoms with Crippen molar-refractivity contribution in [2.24, 2.45) is 0 Å². The Kier molecular flexibility index (Phi) is 8.98. The van der Waals surface area contributed by atoms with Gasteiger partial charge in [0.2, 0.25) is 0 Å². The number of Topliss-reactive ketones (excluding diaryl/α,β-unsaturated/α-hetero) is 1. The van der Waals surface area contributed by atoms with Gasteiger partial charge in [0.25, 0.3) is 5.91 Å². The monoisotopic (exact) mass is 461 g/mol. The molecule has 2 aromatic carbocycles. The maximum atomic E-state index is 13.4. The number of halogens is 1. The summed E-state index contributed by atoms with van der Waals surface area (Å²) >= 11 is 1.47. The molecule has 1 heterocycles. The van der Waals surface area contributed by atoms with E-state index in [0.717, 1.165) is 29.9 Å². The molecule has 166 valence electrons. The molecule has 0 spiro atoms. The summed E-state index contributed by atoms with van der Waals surface area (Å²) in [6.45, 7) is 8.84. The van der Waals surface area contributed by atoms with Crippen LogP contribution in [0, 0.1) is 0 Å². The Balaban J connectivity index is 0.00000341.